The van der Waals surface area contributed by atoms with Gasteiger partial charge in [0.25, 0.3) is 0 Å². The molecule has 1 aliphatic carbocycles. The van der Waals surface area contributed by atoms with Crippen molar-refractivity contribution in [2.75, 3.05) is 24.6 Å². The zero-order valence-electron chi connectivity index (χ0n) is 12.6. The Hall–Kier alpha value is -0.130. The summed E-state index contributed by atoms with van der Waals surface area (Å²) in [7, 11) is -2.84. The first-order valence-electron chi connectivity index (χ1n) is 8.16. The molecule has 0 bridgehead atoms. The van der Waals surface area contributed by atoms with Crippen molar-refractivity contribution in [3.8, 4) is 0 Å². The number of nitrogens with zero attached hydrogens (tertiary/aromatic N) is 1. The highest BCUT2D eigenvalue weighted by Gasteiger charge is 2.36. The number of sulfone groups is 1. The van der Waals surface area contributed by atoms with Gasteiger partial charge in [0.1, 0.15) is 9.84 Å². The maximum Gasteiger partial charge on any atom is 0.150 e. The minimum Gasteiger partial charge on any atom is -0.393 e. The largest absolute Gasteiger partial charge is 0.393 e. The van der Waals surface area contributed by atoms with E-state index in [1.165, 1.54) is 19.3 Å². The molecule has 3 unspecified atom stereocenters. The van der Waals surface area contributed by atoms with Gasteiger partial charge in [0.2, 0.25) is 0 Å². The molecule has 1 saturated heterocycles. The standard InChI is InChI=1S/C15H29NO3S/c1-2-20(18,19)12-6-11-16-10-5-8-14(16)13-7-3-4-9-15(13)17/h13-15,17H,2-12H2,1H3. The summed E-state index contributed by atoms with van der Waals surface area (Å²) in [6.45, 7) is 3.65. The smallest absolute Gasteiger partial charge is 0.150 e. The van der Waals surface area contributed by atoms with Gasteiger partial charge in [-0.25, -0.2) is 8.42 Å². The summed E-state index contributed by atoms with van der Waals surface area (Å²) in [5.74, 6) is 0.964. The van der Waals surface area contributed by atoms with Gasteiger partial charge in [0.15, 0.2) is 0 Å². The van der Waals surface area contributed by atoms with Gasteiger partial charge >= 0.3 is 0 Å². The van der Waals surface area contributed by atoms with E-state index in [1.54, 1.807) is 6.92 Å². The highest BCUT2D eigenvalue weighted by Crippen LogP contribution is 2.34. The number of rotatable bonds is 6. The van der Waals surface area contributed by atoms with Gasteiger partial charge in [-0.15, -0.1) is 0 Å². The average molecular weight is 303 g/mol. The van der Waals surface area contributed by atoms with E-state index >= 15 is 0 Å². The van der Waals surface area contributed by atoms with Crippen LogP contribution in [0.4, 0.5) is 0 Å². The van der Waals surface area contributed by atoms with E-state index in [4.69, 9.17) is 0 Å². The number of likely N-dealkylation sites (tertiary alicyclic amines) is 1. The van der Waals surface area contributed by atoms with E-state index in [-0.39, 0.29) is 11.9 Å². The number of aliphatic hydroxyl groups excluding tert-OH is 1. The maximum absolute atomic E-state index is 11.5. The molecule has 2 rings (SSSR count). The maximum atomic E-state index is 11.5. The van der Waals surface area contributed by atoms with Crippen LogP contribution in [0.2, 0.25) is 0 Å². The average Bonchev–Trinajstić information content (AvgIpc) is 2.87. The molecule has 118 valence electrons. The van der Waals surface area contributed by atoms with Crippen LogP contribution in [0.3, 0.4) is 0 Å². The van der Waals surface area contributed by atoms with Gasteiger partial charge in [0, 0.05) is 17.7 Å². The Labute approximate surface area is 123 Å². The molecule has 1 aliphatic heterocycles. The molecule has 1 saturated carbocycles. The van der Waals surface area contributed by atoms with E-state index in [9.17, 15) is 13.5 Å². The summed E-state index contributed by atoms with van der Waals surface area (Å²) < 4.78 is 23.1. The first-order chi connectivity index (χ1) is 9.53. The van der Waals surface area contributed by atoms with E-state index in [2.05, 4.69) is 4.90 Å². The predicted octanol–water partition coefficient (Wildman–Crippen LogP) is 1.83. The molecule has 0 aromatic heterocycles. The normalized spacial score (nSPS) is 32.6. The lowest BCUT2D eigenvalue weighted by Crippen LogP contribution is -2.43. The summed E-state index contributed by atoms with van der Waals surface area (Å²) >= 11 is 0. The van der Waals surface area contributed by atoms with Crippen molar-refractivity contribution in [3.63, 3.8) is 0 Å². The van der Waals surface area contributed by atoms with Crippen molar-refractivity contribution in [2.45, 2.75) is 64.0 Å². The lowest BCUT2D eigenvalue weighted by atomic mass is 9.80. The second kappa shape index (κ2) is 7.23. The van der Waals surface area contributed by atoms with Gasteiger partial charge in [-0.3, -0.25) is 4.90 Å². The van der Waals surface area contributed by atoms with Crippen LogP contribution in [0.15, 0.2) is 0 Å². The van der Waals surface area contributed by atoms with Crippen LogP contribution < -0.4 is 0 Å². The van der Waals surface area contributed by atoms with Gasteiger partial charge in [-0.05, 0) is 45.2 Å². The second-order valence-corrected chi connectivity index (χ2v) is 8.82. The molecule has 3 atom stereocenters. The zero-order chi connectivity index (χ0) is 14.6. The number of hydrogen-bond acceptors (Lipinski definition) is 4. The fourth-order valence-corrected chi connectivity index (χ4v) is 4.69. The lowest BCUT2D eigenvalue weighted by molar-refractivity contribution is 0.0223. The summed E-state index contributed by atoms with van der Waals surface area (Å²) in [5, 5.41) is 10.2. The predicted molar refractivity (Wildman–Crippen MR) is 81.5 cm³/mol. The van der Waals surface area contributed by atoms with Crippen molar-refractivity contribution in [2.24, 2.45) is 5.92 Å². The zero-order valence-corrected chi connectivity index (χ0v) is 13.4. The van der Waals surface area contributed by atoms with Gasteiger partial charge in [-0.2, -0.15) is 0 Å². The third-order valence-electron chi connectivity index (χ3n) is 5.03. The first-order valence-corrected chi connectivity index (χ1v) is 9.98. The van der Waals surface area contributed by atoms with Gasteiger partial charge < -0.3 is 5.11 Å². The molecule has 1 N–H and O–H groups in total. The molecule has 2 aliphatic rings. The minimum atomic E-state index is -2.84. The summed E-state index contributed by atoms with van der Waals surface area (Å²) in [4.78, 5) is 2.43. The van der Waals surface area contributed by atoms with Crippen LogP contribution in [0.5, 0.6) is 0 Å². The van der Waals surface area contributed by atoms with Gasteiger partial charge in [0.05, 0.1) is 11.9 Å². The van der Waals surface area contributed by atoms with Crippen molar-refractivity contribution < 1.29 is 13.5 Å². The molecule has 0 aromatic carbocycles. The van der Waals surface area contributed by atoms with E-state index in [0.717, 1.165) is 38.8 Å². The molecule has 0 aromatic rings. The molecular formula is C15H29NO3S. The van der Waals surface area contributed by atoms with Crippen LogP contribution in [0.25, 0.3) is 0 Å². The molecule has 0 amide bonds. The Morgan fingerprint density at radius 1 is 1.15 bits per heavy atom. The number of aliphatic hydroxyl groups is 1. The summed E-state index contributed by atoms with van der Waals surface area (Å²) in [6.07, 6.45) is 7.41. The second-order valence-electron chi connectivity index (χ2n) is 6.35. The molecular weight excluding hydrogens is 274 g/mol. The van der Waals surface area contributed by atoms with Crippen molar-refractivity contribution in [1.29, 1.82) is 0 Å². The Morgan fingerprint density at radius 3 is 2.60 bits per heavy atom. The SMILES string of the molecule is CCS(=O)(=O)CCCN1CCCC1C1CCCCC1O. The van der Waals surface area contributed by atoms with Crippen LogP contribution >= 0.6 is 0 Å². The van der Waals surface area contributed by atoms with Crippen LogP contribution in [-0.2, 0) is 9.84 Å². The van der Waals surface area contributed by atoms with E-state index in [1.807, 2.05) is 0 Å². The molecule has 4 nitrogen and oxygen atoms in total. The van der Waals surface area contributed by atoms with Crippen molar-refractivity contribution in [3.05, 3.63) is 0 Å². The lowest BCUT2D eigenvalue weighted by Gasteiger charge is -2.37. The highest BCUT2D eigenvalue weighted by molar-refractivity contribution is 7.91. The highest BCUT2D eigenvalue weighted by atomic mass is 32.2. The van der Waals surface area contributed by atoms with Crippen LogP contribution in [-0.4, -0.2) is 55.2 Å². The van der Waals surface area contributed by atoms with Crippen LogP contribution in [0.1, 0.15) is 51.9 Å². The van der Waals surface area contributed by atoms with Crippen molar-refractivity contribution >= 4 is 9.84 Å². The Balaban J connectivity index is 1.84. The first kappa shape index (κ1) is 16.2. The Morgan fingerprint density at radius 2 is 1.90 bits per heavy atom. The fraction of sp³-hybridized carbons (Fsp3) is 1.00. The molecule has 1 heterocycles. The number of hydrogen-bond donors (Lipinski definition) is 1. The summed E-state index contributed by atoms with van der Waals surface area (Å²) in [6, 6.07) is 0.481. The Kier molecular flexibility index (Phi) is 5.87. The monoisotopic (exact) mass is 303 g/mol. The van der Waals surface area contributed by atoms with Crippen molar-refractivity contribution in [1.82, 2.24) is 4.90 Å². The molecule has 0 radical (unpaired) electrons. The quantitative estimate of drug-likeness (QED) is 0.813. The molecule has 20 heavy (non-hydrogen) atoms. The fourth-order valence-electron chi connectivity index (χ4n) is 3.84. The Bertz CT molecular complexity index is 396. The topological polar surface area (TPSA) is 57.6 Å². The molecule has 2 fully saturated rings. The molecule has 5 heteroatoms. The van der Waals surface area contributed by atoms with E-state index < -0.39 is 9.84 Å². The van der Waals surface area contributed by atoms with Gasteiger partial charge in [-0.1, -0.05) is 19.8 Å². The third-order valence-corrected chi connectivity index (χ3v) is 6.82. The molecule has 0 spiro atoms. The van der Waals surface area contributed by atoms with Crippen LogP contribution in [0, 0.1) is 5.92 Å². The van der Waals surface area contributed by atoms with E-state index in [0.29, 0.717) is 17.7 Å². The minimum absolute atomic E-state index is 0.145. The third kappa shape index (κ3) is 4.18. The summed E-state index contributed by atoms with van der Waals surface area (Å²) in [5.41, 5.74) is 0.